The van der Waals surface area contributed by atoms with Gasteiger partial charge in [-0.3, -0.25) is 0 Å². The third-order valence-corrected chi connectivity index (χ3v) is 10.3. The van der Waals surface area contributed by atoms with Crippen molar-refractivity contribution in [3.8, 4) is 0 Å². The van der Waals surface area contributed by atoms with Gasteiger partial charge in [-0.2, -0.15) is 0 Å². The second-order valence-corrected chi connectivity index (χ2v) is 11.2. The first kappa shape index (κ1) is 18.3. The molecule has 9 atom stereocenters. The van der Waals surface area contributed by atoms with Gasteiger partial charge >= 0.3 is 0 Å². The highest BCUT2D eigenvalue weighted by Gasteiger charge is 2.82. The molecule has 2 heteroatoms. The van der Waals surface area contributed by atoms with E-state index in [2.05, 4.69) is 103 Å². The van der Waals surface area contributed by atoms with Crippen LogP contribution >= 0.6 is 0 Å². The SMILES string of the molecule is C1=CC2C(O1)[C@@]21C=C[C@@H]2C[C@H]1[C@@H]1[C@H]2[C@]2(c3ccccc3)O[C@@]1(c1ccccc1)c1ccccc12. The van der Waals surface area contributed by atoms with Gasteiger partial charge in [-0.1, -0.05) is 97.1 Å². The molecule has 0 radical (unpaired) electrons. The number of hydrogen-bond donors (Lipinski definition) is 0. The Morgan fingerprint density at radius 3 is 1.91 bits per heavy atom. The fourth-order valence-corrected chi connectivity index (χ4v) is 9.26. The molecule has 0 amide bonds. The third kappa shape index (κ3) is 1.73. The molecule has 3 fully saturated rings. The molecule has 2 nitrogen and oxygen atoms in total. The number of ether oxygens (including phenoxy) is 2. The number of fused-ring (bicyclic) bond motifs is 16. The van der Waals surface area contributed by atoms with Crippen LogP contribution in [0.3, 0.4) is 0 Å². The molecule has 166 valence electrons. The number of rotatable bonds is 2. The lowest BCUT2D eigenvalue weighted by Crippen LogP contribution is -2.43. The zero-order valence-electron chi connectivity index (χ0n) is 18.9. The van der Waals surface area contributed by atoms with Crippen LogP contribution in [0.4, 0.5) is 0 Å². The maximum atomic E-state index is 7.64. The first-order valence-electron chi connectivity index (χ1n) is 12.7. The van der Waals surface area contributed by atoms with E-state index in [4.69, 9.17) is 9.47 Å². The molecule has 3 aromatic rings. The van der Waals surface area contributed by atoms with Crippen LogP contribution < -0.4 is 0 Å². The second kappa shape index (κ2) is 5.75. The standard InChI is InChI=1S/C32H26O2/c1-3-9-21(10-4-1)31-23-13-7-8-14-24(23)32(34-31,22-11-5-2-6-12-22)28-26-19-20(27(28)31)15-17-30(26)25-16-18-33-29(25)30/h1-18,20,25-29H,19H2/t20-,25?,26+,27+,28-,29?,30+,31-,32+/m1/s1. The van der Waals surface area contributed by atoms with Crippen LogP contribution in [0.25, 0.3) is 0 Å². The lowest BCUT2D eigenvalue weighted by atomic mass is 9.58. The predicted molar refractivity (Wildman–Crippen MR) is 130 cm³/mol. The minimum atomic E-state index is -0.433. The molecule has 6 aliphatic rings. The van der Waals surface area contributed by atoms with Crippen molar-refractivity contribution in [2.45, 2.75) is 23.7 Å². The first-order valence-corrected chi connectivity index (χ1v) is 12.7. The molecule has 0 N–H and O–H groups in total. The van der Waals surface area contributed by atoms with E-state index in [9.17, 15) is 0 Å². The molecule has 3 aliphatic carbocycles. The maximum Gasteiger partial charge on any atom is 0.124 e. The van der Waals surface area contributed by atoms with E-state index in [-0.39, 0.29) is 5.41 Å². The summed E-state index contributed by atoms with van der Waals surface area (Å²) < 4.78 is 13.8. The molecule has 4 bridgehead atoms. The van der Waals surface area contributed by atoms with Gasteiger partial charge in [0.15, 0.2) is 0 Å². The van der Waals surface area contributed by atoms with Gasteiger partial charge in [-0.15, -0.1) is 0 Å². The highest BCUT2D eigenvalue weighted by atomic mass is 16.5. The average Bonchev–Trinajstić information content (AvgIpc) is 3.42. The topological polar surface area (TPSA) is 18.5 Å². The van der Waals surface area contributed by atoms with E-state index in [0.29, 0.717) is 35.7 Å². The van der Waals surface area contributed by atoms with Crippen LogP contribution in [-0.2, 0) is 20.7 Å². The smallest absolute Gasteiger partial charge is 0.124 e. The molecule has 0 aromatic heterocycles. The van der Waals surface area contributed by atoms with Gasteiger partial charge in [-0.25, -0.2) is 0 Å². The Balaban J connectivity index is 1.37. The Bertz CT molecular complexity index is 1390. The zero-order valence-corrected chi connectivity index (χ0v) is 18.9. The van der Waals surface area contributed by atoms with Crippen molar-refractivity contribution >= 4 is 0 Å². The van der Waals surface area contributed by atoms with Crippen LogP contribution in [0.5, 0.6) is 0 Å². The van der Waals surface area contributed by atoms with Crippen molar-refractivity contribution < 1.29 is 9.47 Å². The van der Waals surface area contributed by atoms with Gasteiger partial charge in [0.05, 0.1) is 6.26 Å². The molecule has 34 heavy (non-hydrogen) atoms. The molecular weight excluding hydrogens is 416 g/mol. The Morgan fingerprint density at radius 1 is 0.676 bits per heavy atom. The maximum absolute atomic E-state index is 7.64. The Labute approximate surface area is 199 Å². The van der Waals surface area contributed by atoms with E-state index in [1.165, 1.54) is 28.7 Å². The Morgan fingerprint density at radius 2 is 1.29 bits per heavy atom. The quantitative estimate of drug-likeness (QED) is 0.441. The fourth-order valence-electron chi connectivity index (χ4n) is 9.26. The normalized spacial score (nSPS) is 45.2. The summed E-state index contributed by atoms with van der Waals surface area (Å²) in [6.45, 7) is 0. The van der Waals surface area contributed by atoms with Crippen LogP contribution in [0, 0.1) is 35.0 Å². The largest absolute Gasteiger partial charge is 0.497 e. The monoisotopic (exact) mass is 442 g/mol. The van der Waals surface area contributed by atoms with Gasteiger partial charge in [-0.05, 0) is 46.6 Å². The fraction of sp³-hybridized carbons (Fsp3) is 0.312. The highest BCUT2D eigenvalue weighted by Crippen LogP contribution is 2.81. The summed E-state index contributed by atoms with van der Waals surface area (Å²) >= 11 is 0. The second-order valence-electron chi connectivity index (χ2n) is 11.2. The molecule has 1 saturated heterocycles. The minimum Gasteiger partial charge on any atom is -0.497 e. The number of hydrogen-bond acceptors (Lipinski definition) is 2. The Hall–Kier alpha value is -3.10. The molecule has 9 rings (SSSR count). The minimum absolute atomic E-state index is 0.132. The van der Waals surface area contributed by atoms with E-state index in [0.717, 1.165) is 0 Å². The summed E-state index contributed by atoms with van der Waals surface area (Å²) in [4.78, 5) is 0. The van der Waals surface area contributed by atoms with E-state index >= 15 is 0 Å². The zero-order chi connectivity index (χ0) is 22.1. The van der Waals surface area contributed by atoms with Crippen LogP contribution in [0.1, 0.15) is 28.7 Å². The molecule has 2 saturated carbocycles. The highest BCUT2D eigenvalue weighted by molar-refractivity contribution is 5.59. The summed E-state index contributed by atoms with van der Waals surface area (Å²) in [6, 6.07) is 31.2. The lowest BCUT2D eigenvalue weighted by molar-refractivity contribution is -0.0748. The van der Waals surface area contributed by atoms with Gasteiger partial charge < -0.3 is 9.47 Å². The third-order valence-electron chi connectivity index (χ3n) is 10.3. The summed E-state index contributed by atoms with van der Waals surface area (Å²) in [5.74, 6) is 2.41. The van der Waals surface area contributed by atoms with Crippen molar-refractivity contribution in [3.63, 3.8) is 0 Å². The van der Waals surface area contributed by atoms with Crippen molar-refractivity contribution in [2.75, 3.05) is 0 Å². The van der Waals surface area contributed by atoms with Gasteiger partial charge in [0.25, 0.3) is 0 Å². The predicted octanol–water partition coefficient (Wildman–Crippen LogP) is 6.18. The summed E-state index contributed by atoms with van der Waals surface area (Å²) in [5, 5.41) is 0. The molecule has 1 spiro atoms. The van der Waals surface area contributed by atoms with E-state index < -0.39 is 11.2 Å². The molecule has 3 aromatic carbocycles. The van der Waals surface area contributed by atoms with Crippen molar-refractivity contribution in [1.29, 1.82) is 0 Å². The van der Waals surface area contributed by atoms with Gasteiger partial charge in [0, 0.05) is 23.2 Å². The van der Waals surface area contributed by atoms with Crippen LogP contribution in [0.15, 0.2) is 109 Å². The molecule has 3 aliphatic heterocycles. The van der Waals surface area contributed by atoms with Crippen molar-refractivity contribution in [2.24, 2.45) is 35.0 Å². The van der Waals surface area contributed by atoms with Crippen molar-refractivity contribution in [3.05, 3.63) is 132 Å². The van der Waals surface area contributed by atoms with E-state index in [1.54, 1.807) is 0 Å². The van der Waals surface area contributed by atoms with Crippen molar-refractivity contribution in [1.82, 2.24) is 0 Å². The van der Waals surface area contributed by atoms with Gasteiger partial charge in [0.2, 0.25) is 0 Å². The summed E-state index contributed by atoms with van der Waals surface area (Å²) in [6.07, 6.45) is 10.9. The average molecular weight is 443 g/mol. The Kier molecular flexibility index (Phi) is 3.09. The number of allylic oxidation sites excluding steroid dienone is 1. The van der Waals surface area contributed by atoms with E-state index in [1.807, 2.05) is 6.26 Å². The van der Waals surface area contributed by atoms with Gasteiger partial charge in [0.1, 0.15) is 17.3 Å². The molecule has 2 unspecified atom stereocenters. The summed E-state index contributed by atoms with van der Waals surface area (Å²) in [7, 11) is 0. The number of benzene rings is 3. The van der Waals surface area contributed by atoms with Crippen LogP contribution in [0.2, 0.25) is 0 Å². The van der Waals surface area contributed by atoms with Crippen LogP contribution in [-0.4, -0.2) is 6.10 Å². The molecular formula is C32H26O2. The first-order chi connectivity index (χ1) is 16.8. The molecule has 3 heterocycles. The summed E-state index contributed by atoms with van der Waals surface area (Å²) in [5.41, 5.74) is 4.62. The lowest BCUT2D eigenvalue weighted by Gasteiger charge is -2.41.